The summed E-state index contributed by atoms with van der Waals surface area (Å²) in [5.74, 6) is 1.04. The van der Waals surface area contributed by atoms with Crippen LogP contribution in [-0.2, 0) is 4.79 Å². The fourth-order valence-corrected chi connectivity index (χ4v) is 2.36. The van der Waals surface area contributed by atoms with Crippen LogP contribution in [-0.4, -0.2) is 27.8 Å². The van der Waals surface area contributed by atoms with Gasteiger partial charge in [0.2, 0.25) is 5.91 Å². The van der Waals surface area contributed by atoms with Gasteiger partial charge in [0.15, 0.2) is 0 Å². The van der Waals surface area contributed by atoms with Crippen LogP contribution >= 0.6 is 11.6 Å². The monoisotopic (exact) mass is 329 g/mol. The third-order valence-corrected chi connectivity index (χ3v) is 3.67. The predicted molar refractivity (Wildman–Crippen MR) is 91.1 cm³/mol. The zero-order valence-electron chi connectivity index (χ0n) is 12.8. The summed E-state index contributed by atoms with van der Waals surface area (Å²) < 4.78 is 7.09. The lowest BCUT2D eigenvalue weighted by Gasteiger charge is -2.09. The Bertz CT molecular complexity index is 858. The second-order valence-corrected chi connectivity index (χ2v) is 5.73. The van der Waals surface area contributed by atoms with E-state index in [0.717, 1.165) is 17.0 Å². The zero-order chi connectivity index (χ0) is 16.4. The van der Waals surface area contributed by atoms with Crippen molar-refractivity contribution in [2.24, 2.45) is 0 Å². The van der Waals surface area contributed by atoms with E-state index in [-0.39, 0.29) is 5.91 Å². The van der Waals surface area contributed by atoms with Crippen molar-refractivity contribution in [3.63, 3.8) is 0 Å². The second-order valence-electron chi connectivity index (χ2n) is 5.08. The van der Waals surface area contributed by atoms with Crippen LogP contribution in [0.1, 0.15) is 6.92 Å². The Hall–Kier alpha value is -2.53. The first-order chi connectivity index (χ1) is 11.1. The normalized spacial score (nSPS) is 12.1. The highest BCUT2D eigenvalue weighted by Crippen LogP contribution is 2.31. The van der Waals surface area contributed by atoms with Gasteiger partial charge in [-0.25, -0.2) is 4.98 Å². The quantitative estimate of drug-likeness (QED) is 0.744. The maximum absolute atomic E-state index is 12.1. The Morgan fingerprint density at radius 2 is 2.13 bits per heavy atom. The van der Waals surface area contributed by atoms with Gasteiger partial charge >= 0.3 is 0 Å². The molecule has 0 radical (unpaired) electrons. The minimum atomic E-state index is -0.637. The molecule has 2 heterocycles. The van der Waals surface area contributed by atoms with Gasteiger partial charge in [-0.05, 0) is 31.2 Å². The smallest absolute Gasteiger partial charge is 0.243 e. The molecule has 3 aromatic rings. The number of hydrogen-bond donors (Lipinski definition) is 1. The van der Waals surface area contributed by atoms with Gasteiger partial charge in [0.05, 0.1) is 7.11 Å². The van der Waals surface area contributed by atoms with Crippen LogP contribution in [0.5, 0.6) is 5.75 Å². The number of aromatic nitrogens is 2. The van der Waals surface area contributed by atoms with Crippen LogP contribution < -0.4 is 10.1 Å². The van der Waals surface area contributed by atoms with Crippen LogP contribution in [0.4, 0.5) is 5.82 Å². The maximum Gasteiger partial charge on any atom is 0.243 e. The first-order valence-corrected chi connectivity index (χ1v) is 7.60. The van der Waals surface area contributed by atoms with Crippen molar-refractivity contribution in [1.82, 2.24) is 9.38 Å². The highest BCUT2D eigenvalue weighted by atomic mass is 35.5. The van der Waals surface area contributed by atoms with Crippen molar-refractivity contribution in [3.05, 3.63) is 48.7 Å². The molecule has 6 heteroatoms. The lowest BCUT2D eigenvalue weighted by Crippen LogP contribution is -2.21. The molecule has 0 bridgehead atoms. The van der Waals surface area contributed by atoms with E-state index in [1.165, 1.54) is 0 Å². The summed E-state index contributed by atoms with van der Waals surface area (Å²) in [6.45, 7) is 1.63. The fraction of sp³-hybridized carbons (Fsp3) is 0.176. The number of nitrogens with zero attached hydrogens (tertiary/aromatic N) is 2. The Morgan fingerprint density at radius 3 is 2.87 bits per heavy atom. The second kappa shape index (κ2) is 6.30. The summed E-state index contributed by atoms with van der Waals surface area (Å²) in [4.78, 5) is 16.7. The minimum absolute atomic E-state index is 0.276. The molecular formula is C17H16ClN3O2. The van der Waals surface area contributed by atoms with Crippen molar-refractivity contribution in [2.75, 3.05) is 12.4 Å². The summed E-state index contributed by atoms with van der Waals surface area (Å²) in [6.07, 6.45) is 1.85. The summed E-state index contributed by atoms with van der Waals surface area (Å²) in [6, 6.07) is 13.2. The molecule has 23 heavy (non-hydrogen) atoms. The third-order valence-electron chi connectivity index (χ3n) is 3.48. The van der Waals surface area contributed by atoms with E-state index >= 15 is 0 Å². The van der Waals surface area contributed by atoms with Crippen molar-refractivity contribution in [2.45, 2.75) is 12.3 Å². The molecule has 0 saturated carbocycles. The van der Waals surface area contributed by atoms with Gasteiger partial charge in [-0.1, -0.05) is 18.2 Å². The number of benzene rings is 1. The third kappa shape index (κ3) is 3.00. The number of methoxy groups -OCH3 is 1. The summed E-state index contributed by atoms with van der Waals surface area (Å²) >= 11 is 5.88. The van der Waals surface area contributed by atoms with Crippen molar-refractivity contribution in [1.29, 1.82) is 0 Å². The number of pyridine rings is 1. The van der Waals surface area contributed by atoms with Crippen LogP contribution in [0.2, 0.25) is 0 Å². The average molecular weight is 330 g/mol. The van der Waals surface area contributed by atoms with E-state index in [0.29, 0.717) is 11.5 Å². The van der Waals surface area contributed by atoms with Crippen molar-refractivity contribution in [3.8, 4) is 17.0 Å². The first kappa shape index (κ1) is 15.4. The van der Waals surface area contributed by atoms with Gasteiger partial charge in [0.25, 0.3) is 0 Å². The Kier molecular flexibility index (Phi) is 4.21. The van der Waals surface area contributed by atoms with Gasteiger partial charge in [-0.15, -0.1) is 11.6 Å². The number of rotatable bonds is 4. The van der Waals surface area contributed by atoms with E-state index in [4.69, 9.17) is 16.3 Å². The lowest BCUT2D eigenvalue weighted by molar-refractivity contribution is -0.115. The molecule has 0 aliphatic heterocycles. The largest absolute Gasteiger partial charge is 0.497 e. The number of halogens is 1. The molecule has 3 rings (SSSR count). The lowest BCUT2D eigenvalue weighted by atomic mass is 10.1. The molecule has 0 unspecified atom stereocenters. The van der Waals surface area contributed by atoms with Gasteiger partial charge < -0.3 is 10.1 Å². The number of carbonyl (C=O) groups excluding carboxylic acids is 1. The number of amides is 1. The zero-order valence-corrected chi connectivity index (χ0v) is 13.5. The predicted octanol–water partition coefficient (Wildman–Crippen LogP) is 3.58. The molecule has 0 fully saturated rings. The topological polar surface area (TPSA) is 55.6 Å². The summed E-state index contributed by atoms with van der Waals surface area (Å²) in [5, 5.41) is 2.22. The maximum atomic E-state index is 12.1. The first-order valence-electron chi connectivity index (χ1n) is 7.16. The van der Waals surface area contributed by atoms with Gasteiger partial charge in [-0.3, -0.25) is 9.20 Å². The van der Waals surface area contributed by atoms with Crippen LogP contribution in [0, 0.1) is 0 Å². The fourth-order valence-electron chi connectivity index (χ4n) is 2.30. The summed E-state index contributed by atoms with van der Waals surface area (Å²) in [7, 11) is 1.61. The molecule has 118 valence electrons. The molecule has 2 aromatic heterocycles. The van der Waals surface area contributed by atoms with Crippen LogP contribution in [0.3, 0.4) is 0 Å². The summed E-state index contributed by atoms with van der Waals surface area (Å²) in [5.41, 5.74) is 2.26. The molecule has 1 N–H and O–H groups in total. The molecule has 0 aliphatic rings. The van der Waals surface area contributed by atoms with Gasteiger partial charge in [0.1, 0.15) is 28.3 Å². The molecule has 1 amide bonds. The Morgan fingerprint density at radius 1 is 1.30 bits per heavy atom. The molecule has 0 spiro atoms. The van der Waals surface area contributed by atoms with E-state index in [2.05, 4.69) is 10.3 Å². The number of fused-ring (bicyclic) bond motifs is 1. The highest BCUT2D eigenvalue weighted by Gasteiger charge is 2.18. The molecule has 0 saturated heterocycles. The van der Waals surface area contributed by atoms with Crippen LogP contribution in [0.25, 0.3) is 16.9 Å². The van der Waals surface area contributed by atoms with E-state index in [1.807, 2.05) is 53.1 Å². The molecule has 1 atom stereocenters. The van der Waals surface area contributed by atoms with Crippen molar-refractivity contribution < 1.29 is 9.53 Å². The molecular weight excluding hydrogens is 314 g/mol. The Labute approximate surface area is 138 Å². The van der Waals surface area contributed by atoms with E-state index in [1.54, 1.807) is 14.0 Å². The number of hydrogen-bond acceptors (Lipinski definition) is 3. The highest BCUT2D eigenvalue weighted by molar-refractivity contribution is 6.32. The van der Waals surface area contributed by atoms with E-state index in [9.17, 15) is 4.79 Å². The number of carbonyl (C=O) groups is 1. The van der Waals surface area contributed by atoms with E-state index < -0.39 is 5.38 Å². The number of anilines is 1. The SMILES string of the molecule is COc1cccc(-c2nc3ccccn3c2NC(=O)[C@H](C)Cl)c1. The molecule has 1 aromatic carbocycles. The van der Waals surface area contributed by atoms with Crippen LogP contribution in [0.15, 0.2) is 48.7 Å². The average Bonchev–Trinajstić information content (AvgIpc) is 2.93. The number of ether oxygens (including phenoxy) is 1. The van der Waals surface area contributed by atoms with Gasteiger partial charge in [0, 0.05) is 11.8 Å². The molecule has 5 nitrogen and oxygen atoms in total. The van der Waals surface area contributed by atoms with Crippen molar-refractivity contribution >= 4 is 29.0 Å². The standard InChI is InChI=1S/C17H16ClN3O2/c1-11(18)17(22)20-16-15(12-6-5-7-13(10-12)23-2)19-14-8-3-4-9-21(14)16/h3-11H,1-2H3,(H,20,22)/t11-/m0/s1. The number of alkyl halides is 1. The van der Waals surface area contributed by atoms with Gasteiger partial charge in [-0.2, -0.15) is 0 Å². The molecule has 0 aliphatic carbocycles. The number of nitrogens with one attached hydrogen (secondary N) is 1. The minimum Gasteiger partial charge on any atom is -0.497 e. The Balaban J connectivity index is 2.16. The number of imidazole rings is 1.